The van der Waals surface area contributed by atoms with Crippen LogP contribution in [0.25, 0.3) is 0 Å². The molecule has 3 aliphatic carbocycles. The van der Waals surface area contributed by atoms with E-state index in [0.717, 1.165) is 17.8 Å². The largest absolute Gasteiger partial charge is 0.130 e. The van der Waals surface area contributed by atoms with Crippen LogP contribution >= 0.6 is 11.8 Å². The van der Waals surface area contributed by atoms with Crippen LogP contribution in [0.3, 0.4) is 0 Å². The topological polar surface area (TPSA) is 0 Å². The van der Waals surface area contributed by atoms with Crippen molar-refractivity contribution in [2.45, 2.75) is 55.8 Å². The van der Waals surface area contributed by atoms with Crippen LogP contribution < -0.4 is 0 Å². The number of allylic oxidation sites excluding steroid dienone is 5. The summed E-state index contributed by atoms with van der Waals surface area (Å²) in [4.78, 5) is 1.41. The van der Waals surface area contributed by atoms with Gasteiger partial charge in [-0.1, -0.05) is 42.9 Å². The lowest BCUT2D eigenvalue weighted by Gasteiger charge is -2.29. The normalized spacial score (nSPS) is 29.5. The zero-order valence-corrected chi connectivity index (χ0v) is 15.6. The van der Waals surface area contributed by atoms with Crippen molar-refractivity contribution in [3.05, 3.63) is 65.3 Å². The molecule has 1 heteroatoms. The third-order valence-electron chi connectivity index (χ3n) is 6.49. The first-order valence-corrected chi connectivity index (χ1v) is 10.7. The Bertz CT molecular complexity index is 694. The van der Waals surface area contributed by atoms with Crippen molar-refractivity contribution in [1.29, 1.82) is 0 Å². The molecule has 0 radical (unpaired) electrons. The summed E-state index contributed by atoms with van der Waals surface area (Å²) in [5, 5.41) is 0. The van der Waals surface area contributed by atoms with Crippen molar-refractivity contribution in [2.75, 3.05) is 6.26 Å². The average Bonchev–Trinajstić information content (AvgIpc) is 3.06. The van der Waals surface area contributed by atoms with Crippen molar-refractivity contribution in [3.63, 3.8) is 0 Å². The van der Waals surface area contributed by atoms with E-state index in [0.29, 0.717) is 0 Å². The molecule has 0 nitrogen and oxygen atoms in total. The maximum Gasteiger partial charge on any atom is 0.00719 e. The van der Waals surface area contributed by atoms with Gasteiger partial charge in [0.1, 0.15) is 0 Å². The van der Waals surface area contributed by atoms with E-state index in [4.69, 9.17) is 0 Å². The summed E-state index contributed by atoms with van der Waals surface area (Å²) in [5.74, 6) is 2.38. The van der Waals surface area contributed by atoms with Gasteiger partial charge in [-0.15, -0.1) is 11.8 Å². The molecule has 1 aromatic rings. The minimum absolute atomic E-state index is 0.746. The van der Waals surface area contributed by atoms with Gasteiger partial charge in [0.2, 0.25) is 0 Å². The standard InChI is InChI=1S/C23H28S/c1-3-16-10-11-17-12-13-20(18-6-4-7-19(15-18)24-2)21-8-5-9-22(21)23(17)14-16/h3-4,6-7,14-15,20-22H,1,5,8-13H2,2H3. The molecule has 126 valence electrons. The summed E-state index contributed by atoms with van der Waals surface area (Å²) in [6.45, 7) is 4.02. The molecular weight excluding hydrogens is 308 g/mol. The molecule has 1 fully saturated rings. The Hall–Kier alpha value is -1.21. The smallest absolute Gasteiger partial charge is 0.00719 e. The molecular formula is C23H28S. The Labute approximate surface area is 151 Å². The van der Waals surface area contributed by atoms with Crippen LogP contribution in [-0.4, -0.2) is 6.26 Å². The number of rotatable bonds is 3. The molecule has 0 saturated heterocycles. The van der Waals surface area contributed by atoms with Gasteiger partial charge in [0.05, 0.1) is 0 Å². The van der Waals surface area contributed by atoms with E-state index in [1.807, 2.05) is 11.8 Å². The summed E-state index contributed by atoms with van der Waals surface area (Å²) >= 11 is 1.87. The van der Waals surface area contributed by atoms with E-state index in [9.17, 15) is 0 Å². The van der Waals surface area contributed by atoms with Gasteiger partial charge in [0.25, 0.3) is 0 Å². The molecule has 0 N–H and O–H groups in total. The lowest BCUT2D eigenvalue weighted by Crippen LogP contribution is -2.17. The fraction of sp³-hybridized carbons (Fsp3) is 0.478. The van der Waals surface area contributed by atoms with Gasteiger partial charge in [-0.3, -0.25) is 0 Å². The van der Waals surface area contributed by atoms with E-state index >= 15 is 0 Å². The summed E-state index contributed by atoms with van der Waals surface area (Å²) in [7, 11) is 0. The predicted octanol–water partition coefficient (Wildman–Crippen LogP) is 6.91. The molecule has 3 atom stereocenters. The summed E-state index contributed by atoms with van der Waals surface area (Å²) in [6, 6.07) is 9.35. The summed E-state index contributed by atoms with van der Waals surface area (Å²) in [5.41, 5.74) is 6.52. The van der Waals surface area contributed by atoms with Crippen LogP contribution in [-0.2, 0) is 0 Å². The van der Waals surface area contributed by atoms with Crippen molar-refractivity contribution >= 4 is 11.8 Å². The Kier molecular flexibility index (Phi) is 4.72. The molecule has 24 heavy (non-hydrogen) atoms. The molecule has 0 heterocycles. The van der Waals surface area contributed by atoms with E-state index in [-0.39, 0.29) is 0 Å². The van der Waals surface area contributed by atoms with Gasteiger partial charge < -0.3 is 0 Å². The average molecular weight is 337 g/mol. The highest BCUT2D eigenvalue weighted by Crippen LogP contribution is 2.52. The van der Waals surface area contributed by atoms with E-state index in [2.05, 4.69) is 49.3 Å². The van der Waals surface area contributed by atoms with Crippen LogP contribution in [0.4, 0.5) is 0 Å². The van der Waals surface area contributed by atoms with Crippen LogP contribution in [0.1, 0.15) is 56.4 Å². The molecule has 0 spiro atoms. The SMILES string of the molecule is C=CC1=CC2=C(CC1)CCC(c1cccc(SC)c1)C1CCCC21. The van der Waals surface area contributed by atoms with Gasteiger partial charge >= 0.3 is 0 Å². The second-order valence-electron chi connectivity index (χ2n) is 7.61. The minimum Gasteiger partial charge on any atom is -0.130 e. The van der Waals surface area contributed by atoms with Crippen LogP contribution in [0.5, 0.6) is 0 Å². The molecule has 3 aliphatic rings. The highest BCUT2D eigenvalue weighted by molar-refractivity contribution is 7.98. The Morgan fingerprint density at radius 2 is 2.00 bits per heavy atom. The van der Waals surface area contributed by atoms with Gasteiger partial charge in [-0.05, 0) is 91.4 Å². The van der Waals surface area contributed by atoms with Crippen LogP contribution in [0.15, 0.2) is 64.6 Å². The third-order valence-corrected chi connectivity index (χ3v) is 7.22. The van der Waals surface area contributed by atoms with Crippen molar-refractivity contribution in [3.8, 4) is 0 Å². The van der Waals surface area contributed by atoms with Crippen molar-refractivity contribution in [2.24, 2.45) is 11.8 Å². The molecule has 0 aromatic heterocycles. The monoisotopic (exact) mass is 336 g/mol. The fourth-order valence-electron chi connectivity index (χ4n) is 5.30. The lowest BCUT2D eigenvalue weighted by molar-refractivity contribution is 0.360. The third kappa shape index (κ3) is 2.92. The number of fused-ring (bicyclic) bond motifs is 2. The fourth-order valence-corrected chi connectivity index (χ4v) is 5.77. The van der Waals surface area contributed by atoms with E-state index in [1.54, 1.807) is 16.7 Å². The number of thioether (sulfide) groups is 1. The number of hydrogen-bond donors (Lipinski definition) is 0. The molecule has 3 unspecified atom stereocenters. The number of benzene rings is 1. The quantitative estimate of drug-likeness (QED) is 0.541. The molecule has 1 aromatic carbocycles. The summed E-state index contributed by atoms with van der Waals surface area (Å²) in [6.07, 6.45) is 16.1. The van der Waals surface area contributed by atoms with Gasteiger partial charge in [-0.2, -0.15) is 0 Å². The van der Waals surface area contributed by atoms with Crippen LogP contribution in [0, 0.1) is 11.8 Å². The molecule has 1 saturated carbocycles. The molecule has 0 amide bonds. The van der Waals surface area contributed by atoms with E-state index in [1.165, 1.54) is 55.4 Å². The van der Waals surface area contributed by atoms with Gasteiger partial charge in [0.15, 0.2) is 0 Å². The Morgan fingerprint density at radius 3 is 2.83 bits per heavy atom. The summed E-state index contributed by atoms with van der Waals surface area (Å²) < 4.78 is 0. The van der Waals surface area contributed by atoms with Crippen molar-refractivity contribution < 1.29 is 0 Å². The molecule has 4 rings (SSSR count). The predicted molar refractivity (Wildman–Crippen MR) is 106 cm³/mol. The Balaban J connectivity index is 1.69. The highest BCUT2D eigenvalue weighted by atomic mass is 32.2. The van der Waals surface area contributed by atoms with Crippen LogP contribution in [0.2, 0.25) is 0 Å². The second kappa shape index (κ2) is 6.96. The molecule has 0 aliphatic heterocycles. The van der Waals surface area contributed by atoms with Gasteiger partial charge in [0, 0.05) is 4.90 Å². The maximum absolute atomic E-state index is 4.02. The zero-order valence-electron chi connectivity index (χ0n) is 14.8. The number of hydrogen-bond acceptors (Lipinski definition) is 1. The van der Waals surface area contributed by atoms with Crippen molar-refractivity contribution in [1.82, 2.24) is 0 Å². The molecule has 0 bridgehead atoms. The highest BCUT2D eigenvalue weighted by Gasteiger charge is 2.39. The Morgan fingerprint density at radius 1 is 1.08 bits per heavy atom. The van der Waals surface area contributed by atoms with Gasteiger partial charge in [-0.25, -0.2) is 0 Å². The minimum atomic E-state index is 0.746. The first-order valence-electron chi connectivity index (χ1n) is 9.49. The maximum atomic E-state index is 4.02. The van der Waals surface area contributed by atoms with E-state index < -0.39 is 0 Å². The second-order valence-corrected chi connectivity index (χ2v) is 8.48. The first-order chi connectivity index (χ1) is 11.8. The zero-order chi connectivity index (χ0) is 16.5. The first kappa shape index (κ1) is 16.3. The lowest BCUT2D eigenvalue weighted by atomic mass is 9.76.